The molecule has 2 aromatic carbocycles. The molecule has 0 radical (unpaired) electrons. The van der Waals surface area contributed by atoms with Crippen LogP contribution in [0, 0.1) is 5.92 Å². The molecule has 0 bridgehead atoms. The van der Waals surface area contributed by atoms with Crippen LogP contribution < -0.4 is 14.8 Å². The number of nitrogens with one attached hydrogen (secondary N) is 1. The molecule has 0 saturated carbocycles. The van der Waals surface area contributed by atoms with E-state index in [9.17, 15) is 4.79 Å². The van der Waals surface area contributed by atoms with Gasteiger partial charge in [-0.15, -0.1) is 0 Å². The topological polar surface area (TPSA) is 143 Å². The van der Waals surface area contributed by atoms with Crippen molar-refractivity contribution in [1.82, 2.24) is 14.5 Å². The van der Waals surface area contributed by atoms with Gasteiger partial charge < -0.3 is 34.5 Å². The summed E-state index contributed by atoms with van der Waals surface area (Å²) in [5.74, 6) is -1.72. The Morgan fingerprint density at radius 2 is 1.71 bits per heavy atom. The van der Waals surface area contributed by atoms with Gasteiger partial charge >= 0.3 is 18.0 Å². The van der Waals surface area contributed by atoms with Crippen LogP contribution in [0.2, 0.25) is 0 Å². The zero-order valence-electron chi connectivity index (χ0n) is 18.2. The highest BCUT2D eigenvalue weighted by molar-refractivity contribution is 6.27. The van der Waals surface area contributed by atoms with Gasteiger partial charge in [0.1, 0.15) is 0 Å². The summed E-state index contributed by atoms with van der Waals surface area (Å²) in [5.41, 5.74) is 2.93. The smallest absolute Gasteiger partial charge is 0.414 e. The Morgan fingerprint density at radius 3 is 2.44 bits per heavy atom. The summed E-state index contributed by atoms with van der Waals surface area (Å²) in [7, 11) is 0. The number of imidazole rings is 1. The molecule has 5 rings (SSSR count). The van der Waals surface area contributed by atoms with Crippen LogP contribution in [-0.4, -0.2) is 62.5 Å². The fourth-order valence-corrected chi connectivity index (χ4v) is 3.93. The molecule has 0 unspecified atom stereocenters. The van der Waals surface area contributed by atoms with Crippen LogP contribution in [0.3, 0.4) is 0 Å². The number of likely N-dealkylation sites (tertiary alicyclic amines) is 1. The summed E-state index contributed by atoms with van der Waals surface area (Å²) in [6, 6.07) is 13.6. The summed E-state index contributed by atoms with van der Waals surface area (Å²) < 4.78 is 12.9. The fourth-order valence-electron chi connectivity index (χ4n) is 3.93. The average Bonchev–Trinajstić information content (AvgIpc) is 3.47. The van der Waals surface area contributed by atoms with Gasteiger partial charge in [-0.3, -0.25) is 0 Å². The summed E-state index contributed by atoms with van der Waals surface area (Å²) in [6.45, 7) is 2.69. The van der Waals surface area contributed by atoms with Crippen molar-refractivity contribution >= 4 is 34.7 Å². The van der Waals surface area contributed by atoms with Crippen molar-refractivity contribution in [2.75, 3.05) is 25.2 Å². The third-order valence-corrected chi connectivity index (χ3v) is 5.69. The molecular weight excluding hydrogens is 444 g/mol. The van der Waals surface area contributed by atoms with Crippen LogP contribution in [0.15, 0.2) is 48.8 Å². The number of carboxylic acid groups (broad SMARTS) is 2. The van der Waals surface area contributed by atoms with Crippen molar-refractivity contribution in [3.8, 4) is 11.5 Å². The summed E-state index contributed by atoms with van der Waals surface area (Å²) in [5, 5.41) is 17.7. The van der Waals surface area contributed by atoms with Gasteiger partial charge in [-0.2, -0.15) is 0 Å². The summed E-state index contributed by atoms with van der Waals surface area (Å²) >= 11 is 0. The highest BCUT2D eigenvalue weighted by atomic mass is 16.7. The maximum absolute atomic E-state index is 12.6. The molecule has 3 N–H and O–H groups in total. The lowest BCUT2D eigenvalue weighted by Gasteiger charge is -2.32. The molecule has 1 aromatic heterocycles. The van der Waals surface area contributed by atoms with E-state index in [0.29, 0.717) is 17.4 Å². The highest BCUT2D eigenvalue weighted by Crippen LogP contribution is 2.34. The number of para-hydroxylation sites is 2. The summed E-state index contributed by atoms with van der Waals surface area (Å²) in [4.78, 5) is 37.1. The van der Waals surface area contributed by atoms with Gasteiger partial charge in [0.2, 0.25) is 6.79 Å². The fraction of sp³-hybridized carbons (Fsp3) is 0.304. The van der Waals surface area contributed by atoms with Crippen molar-refractivity contribution in [3.05, 3.63) is 48.8 Å². The summed E-state index contributed by atoms with van der Waals surface area (Å²) in [6.07, 6.45) is 3.89. The first-order valence-electron chi connectivity index (χ1n) is 10.7. The third kappa shape index (κ3) is 5.37. The van der Waals surface area contributed by atoms with Crippen LogP contribution in [0.4, 0.5) is 10.5 Å². The number of carbonyl (C=O) groups excluding carboxylic acids is 1. The SMILES string of the molecule is O=C(Nc1ccc2c(c1)OCO2)N1CCC(Cn2cnc3ccccc32)CC1.O=C(O)C(=O)O. The second-order valence-electron chi connectivity index (χ2n) is 7.92. The zero-order chi connectivity index (χ0) is 24.1. The molecule has 2 amide bonds. The molecule has 2 aliphatic rings. The van der Waals surface area contributed by atoms with E-state index < -0.39 is 11.9 Å². The minimum Gasteiger partial charge on any atom is -0.473 e. The van der Waals surface area contributed by atoms with E-state index in [1.165, 1.54) is 5.52 Å². The maximum Gasteiger partial charge on any atom is 0.414 e. The monoisotopic (exact) mass is 468 g/mol. The van der Waals surface area contributed by atoms with Gasteiger partial charge in [-0.25, -0.2) is 19.4 Å². The predicted octanol–water partition coefficient (Wildman–Crippen LogP) is 2.86. The molecule has 1 fully saturated rings. The minimum absolute atomic E-state index is 0.0644. The molecule has 34 heavy (non-hydrogen) atoms. The number of urea groups is 1. The number of amides is 2. The van der Waals surface area contributed by atoms with Crippen molar-refractivity contribution in [2.24, 2.45) is 5.92 Å². The number of piperidine rings is 1. The number of fused-ring (bicyclic) bond motifs is 2. The largest absolute Gasteiger partial charge is 0.473 e. The number of carbonyl (C=O) groups is 3. The second kappa shape index (κ2) is 10.1. The van der Waals surface area contributed by atoms with Crippen molar-refractivity contribution < 1.29 is 34.1 Å². The zero-order valence-corrected chi connectivity index (χ0v) is 18.2. The number of aromatic nitrogens is 2. The van der Waals surface area contributed by atoms with Crippen LogP contribution >= 0.6 is 0 Å². The molecule has 178 valence electrons. The number of aliphatic carboxylic acids is 2. The Labute approximate surface area is 194 Å². The first-order chi connectivity index (χ1) is 16.4. The van der Waals surface area contributed by atoms with E-state index in [1.54, 1.807) is 6.07 Å². The molecule has 0 spiro atoms. The Balaban J connectivity index is 0.000000408. The Bertz CT molecular complexity index is 1190. The first kappa shape index (κ1) is 22.9. The molecule has 3 heterocycles. The molecule has 0 atom stereocenters. The molecular formula is C23H24N4O7. The van der Waals surface area contributed by atoms with Crippen LogP contribution in [0.25, 0.3) is 11.0 Å². The first-order valence-corrected chi connectivity index (χ1v) is 10.7. The van der Waals surface area contributed by atoms with Crippen molar-refractivity contribution in [3.63, 3.8) is 0 Å². The third-order valence-electron chi connectivity index (χ3n) is 5.69. The lowest BCUT2D eigenvalue weighted by atomic mass is 9.97. The van der Waals surface area contributed by atoms with Crippen LogP contribution in [0.5, 0.6) is 11.5 Å². The predicted molar refractivity (Wildman–Crippen MR) is 121 cm³/mol. The van der Waals surface area contributed by atoms with Gasteiger partial charge in [0, 0.05) is 31.4 Å². The molecule has 11 nitrogen and oxygen atoms in total. The van der Waals surface area contributed by atoms with Crippen molar-refractivity contribution in [2.45, 2.75) is 19.4 Å². The second-order valence-corrected chi connectivity index (χ2v) is 7.92. The van der Waals surface area contributed by atoms with Gasteiger partial charge in [-0.05, 0) is 43.0 Å². The van der Waals surface area contributed by atoms with Crippen LogP contribution in [-0.2, 0) is 16.1 Å². The Morgan fingerprint density at radius 1 is 1.00 bits per heavy atom. The standard InChI is InChI=1S/C21H22N4O3.C2H2O4/c26-21(23-16-5-6-19-20(11-16)28-14-27-19)24-9-7-15(8-10-24)12-25-13-22-17-3-1-2-4-18(17)25;3-1(4)2(5)6/h1-6,11,13,15H,7-10,12,14H2,(H,23,26);(H,3,4)(H,5,6). The number of carboxylic acids is 2. The Hall–Kier alpha value is -4.28. The van der Waals surface area contributed by atoms with Crippen molar-refractivity contribution in [1.29, 1.82) is 0 Å². The molecule has 1 saturated heterocycles. The molecule has 2 aliphatic heterocycles. The van der Waals surface area contributed by atoms with E-state index in [-0.39, 0.29) is 12.8 Å². The number of benzene rings is 2. The quantitative estimate of drug-likeness (QED) is 0.498. The van der Waals surface area contributed by atoms with Gasteiger partial charge in [-0.1, -0.05) is 12.1 Å². The number of hydrogen-bond donors (Lipinski definition) is 3. The Kier molecular flexibility index (Phi) is 6.81. The number of rotatable bonds is 3. The average molecular weight is 468 g/mol. The lowest BCUT2D eigenvalue weighted by molar-refractivity contribution is -0.159. The lowest BCUT2D eigenvalue weighted by Crippen LogP contribution is -2.41. The van der Waals surface area contributed by atoms with E-state index in [2.05, 4.69) is 20.9 Å². The van der Waals surface area contributed by atoms with Gasteiger partial charge in [0.05, 0.1) is 17.4 Å². The minimum atomic E-state index is -1.82. The van der Waals surface area contributed by atoms with E-state index in [0.717, 1.165) is 43.7 Å². The van der Waals surface area contributed by atoms with E-state index >= 15 is 0 Å². The number of ether oxygens (including phenoxy) is 2. The molecule has 3 aromatic rings. The number of hydrogen-bond acceptors (Lipinski definition) is 6. The van der Waals surface area contributed by atoms with E-state index in [1.807, 2.05) is 41.6 Å². The molecule has 0 aliphatic carbocycles. The highest BCUT2D eigenvalue weighted by Gasteiger charge is 2.24. The molecule has 11 heteroatoms. The van der Waals surface area contributed by atoms with E-state index in [4.69, 9.17) is 29.3 Å². The maximum atomic E-state index is 12.6. The van der Waals surface area contributed by atoms with Gasteiger partial charge in [0.25, 0.3) is 0 Å². The normalized spacial score (nSPS) is 14.9. The van der Waals surface area contributed by atoms with Gasteiger partial charge in [0.15, 0.2) is 11.5 Å². The number of anilines is 1. The van der Waals surface area contributed by atoms with Crippen LogP contribution in [0.1, 0.15) is 12.8 Å². The number of nitrogens with zero attached hydrogens (tertiary/aromatic N) is 3.